The molecule has 2 saturated carbocycles. The van der Waals surface area contributed by atoms with Gasteiger partial charge < -0.3 is 15.3 Å². The van der Waals surface area contributed by atoms with Gasteiger partial charge in [-0.3, -0.25) is 4.79 Å². The maximum absolute atomic E-state index is 12.4. The molecule has 2 bridgehead atoms. The maximum Gasteiger partial charge on any atom is 0.317 e. The van der Waals surface area contributed by atoms with E-state index in [1.807, 2.05) is 4.90 Å². The van der Waals surface area contributed by atoms with Gasteiger partial charge in [-0.2, -0.15) is 0 Å². The number of hydrogen-bond acceptors (Lipinski definition) is 2. The van der Waals surface area contributed by atoms with Crippen LogP contribution in [0.2, 0.25) is 0 Å². The van der Waals surface area contributed by atoms with Crippen LogP contribution in [-0.4, -0.2) is 41.1 Å². The molecule has 0 spiro atoms. The predicted octanol–water partition coefficient (Wildman–Crippen LogP) is 2.32. The van der Waals surface area contributed by atoms with E-state index in [-0.39, 0.29) is 23.9 Å². The zero-order chi connectivity index (χ0) is 15.0. The van der Waals surface area contributed by atoms with Gasteiger partial charge in [0.05, 0.1) is 5.92 Å². The van der Waals surface area contributed by atoms with Gasteiger partial charge in [-0.05, 0) is 49.9 Å². The average molecular weight is 294 g/mol. The number of carboxylic acids is 1. The lowest BCUT2D eigenvalue weighted by Crippen LogP contribution is -2.52. The smallest absolute Gasteiger partial charge is 0.317 e. The summed E-state index contributed by atoms with van der Waals surface area (Å²) in [5, 5.41) is 12.5. The van der Waals surface area contributed by atoms with Crippen LogP contribution in [0.5, 0.6) is 0 Å². The highest BCUT2D eigenvalue weighted by atomic mass is 16.4. The molecule has 3 rings (SSSR count). The first kappa shape index (κ1) is 14.7. The van der Waals surface area contributed by atoms with E-state index in [1.165, 1.54) is 6.42 Å². The van der Waals surface area contributed by atoms with Crippen molar-refractivity contribution >= 4 is 12.0 Å². The second kappa shape index (κ2) is 5.85. The SMILES string of the molecule is CCC1CCN(C(=O)NC2C3CCC(C3)C2C(=O)O)CC1. The Kier molecular flexibility index (Phi) is 4.09. The zero-order valence-electron chi connectivity index (χ0n) is 12.8. The molecule has 2 N–H and O–H groups in total. The molecule has 118 valence electrons. The van der Waals surface area contributed by atoms with Crippen LogP contribution in [0.3, 0.4) is 0 Å². The summed E-state index contributed by atoms with van der Waals surface area (Å²) in [6.07, 6.45) is 6.38. The first-order valence-corrected chi connectivity index (χ1v) is 8.38. The summed E-state index contributed by atoms with van der Waals surface area (Å²) in [5.74, 6) is 0.262. The van der Waals surface area contributed by atoms with Crippen molar-refractivity contribution in [1.82, 2.24) is 10.2 Å². The molecule has 0 aromatic heterocycles. The number of piperidine rings is 1. The summed E-state index contributed by atoms with van der Waals surface area (Å²) in [6, 6.07) is -0.203. The van der Waals surface area contributed by atoms with Crippen molar-refractivity contribution in [2.24, 2.45) is 23.7 Å². The van der Waals surface area contributed by atoms with Crippen molar-refractivity contribution in [2.75, 3.05) is 13.1 Å². The Morgan fingerprint density at radius 1 is 1.14 bits per heavy atom. The van der Waals surface area contributed by atoms with Crippen LogP contribution < -0.4 is 5.32 Å². The molecule has 4 unspecified atom stereocenters. The number of hydrogen-bond donors (Lipinski definition) is 2. The molecule has 5 heteroatoms. The van der Waals surface area contributed by atoms with Crippen LogP contribution in [-0.2, 0) is 4.79 Å². The molecule has 5 nitrogen and oxygen atoms in total. The van der Waals surface area contributed by atoms with E-state index in [0.717, 1.165) is 51.1 Å². The molecule has 0 radical (unpaired) electrons. The number of carbonyl (C=O) groups is 2. The van der Waals surface area contributed by atoms with E-state index in [9.17, 15) is 14.7 Å². The Morgan fingerprint density at radius 2 is 1.81 bits per heavy atom. The Hall–Kier alpha value is -1.26. The third kappa shape index (κ3) is 2.74. The third-order valence-electron chi connectivity index (χ3n) is 5.97. The minimum absolute atomic E-state index is 0.0478. The van der Waals surface area contributed by atoms with E-state index in [0.29, 0.717) is 5.92 Å². The number of nitrogens with zero attached hydrogens (tertiary/aromatic N) is 1. The fourth-order valence-electron chi connectivity index (χ4n) is 4.63. The first-order chi connectivity index (χ1) is 10.1. The van der Waals surface area contributed by atoms with Crippen LogP contribution >= 0.6 is 0 Å². The minimum atomic E-state index is -0.739. The lowest BCUT2D eigenvalue weighted by molar-refractivity contribution is -0.144. The number of fused-ring (bicyclic) bond motifs is 2. The van der Waals surface area contributed by atoms with Gasteiger partial charge in [0.2, 0.25) is 0 Å². The van der Waals surface area contributed by atoms with Crippen molar-refractivity contribution in [2.45, 2.75) is 51.5 Å². The lowest BCUT2D eigenvalue weighted by atomic mass is 9.84. The van der Waals surface area contributed by atoms with Crippen molar-refractivity contribution in [3.63, 3.8) is 0 Å². The van der Waals surface area contributed by atoms with Gasteiger partial charge in [0.1, 0.15) is 0 Å². The summed E-state index contributed by atoms with van der Waals surface area (Å²) in [4.78, 5) is 25.8. The van der Waals surface area contributed by atoms with Gasteiger partial charge >= 0.3 is 12.0 Å². The van der Waals surface area contributed by atoms with E-state index < -0.39 is 5.97 Å². The number of carboxylic acid groups (broad SMARTS) is 1. The monoisotopic (exact) mass is 294 g/mol. The molecule has 2 amide bonds. The second-order valence-electron chi connectivity index (χ2n) is 7.01. The molecule has 2 aliphatic carbocycles. The van der Waals surface area contributed by atoms with Crippen LogP contribution in [0, 0.1) is 23.7 Å². The third-order valence-corrected chi connectivity index (χ3v) is 5.97. The number of aliphatic carboxylic acids is 1. The number of urea groups is 1. The normalized spacial score (nSPS) is 36.0. The number of likely N-dealkylation sites (tertiary alicyclic amines) is 1. The van der Waals surface area contributed by atoms with Crippen LogP contribution in [0.15, 0.2) is 0 Å². The van der Waals surface area contributed by atoms with Crippen molar-refractivity contribution in [3.05, 3.63) is 0 Å². The van der Waals surface area contributed by atoms with E-state index >= 15 is 0 Å². The highest BCUT2D eigenvalue weighted by Gasteiger charge is 2.51. The van der Waals surface area contributed by atoms with Gasteiger partial charge in [-0.25, -0.2) is 4.79 Å². The van der Waals surface area contributed by atoms with Crippen molar-refractivity contribution in [3.8, 4) is 0 Å². The molecular formula is C16H26N2O3. The lowest BCUT2D eigenvalue weighted by Gasteiger charge is -2.35. The summed E-state index contributed by atoms with van der Waals surface area (Å²) in [5.41, 5.74) is 0. The summed E-state index contributed by atoms with van der Waals surface area (Å²) >= 11 is 0. The molecule has 0 aromatic rings. The molecule has 1 saturated heterocycles. The number of rotatable bonds is 3. The fourth-order valence-corrected chi connectivity index (χ4v) is 4.63. The summed E-state index contributed by atoms with van der Waals surface area (Å²) in [6.45, 7) is 3.82. The quantitative estimate of drug-likeness (QED) is 0.839. The highest BCUT2D eigenvalue weighted by Crippen LogP contribution is 2.48. The first-order valence-electron chi connectivity index (χ1n) is 8.38. The number of nitrogens with one attached hydrogen (secondary N) is 1. The molecular weight excluding hydrogens is 268 g/mol. The molecule has 3 aliphatic rings. The molecule has 4 atom stereocenters. The minimum Gasteiger partial charge on any atom is -0.481 e. The van der Waals surface area contributed by atoms with Crippen LogP contribution in [0.1, 0.15) is 45.4 Å². The fraction of sp³-hybridized carbons (Fsp3) is 0.875. The van der Waals surface area contributed by atoms with Gasteiger partial charge in [0, 0.05) is 19.1 Å². The Morgan fingerprint density at radius 3 is 2.43 bits per heavy atom. The summed E-state index contributed by atoms with van der Waals surface area (Å²) in [7, 11) is 0. The van der Waals surface area contributed by atoms with Crippen LogP contribution in [0.4, 0.5) is 4.79 Å². The van der Waals surface area contributed by atoms with E-state index in [2.05, 4.69) is 12.2 Å². The number of carbonyl (C=O) groups excluding carboxylic acids is 1. The Bertz CT molecular complexity index is 418. The molecule has 0 aromatic carbocycles. The topological polar surface area (TPSA) is 69.6 Å². The van der Waals surface area contributed by atoms with E-state index in [4.69, 9.17) is 0 Å². The predicted molar refractivity (Wildman–Crippen MR) is 78.9 cm³/mol. The van der Waals surface area contributed by atoms with Gasteiger partial charge in [-0.15, -0.1) is 0 Å². The van der Waals surface area contributed by atoms with Gasteiger partial charge in [0.25, 0.3) is 0 Å². The molecule has 1 heterocycles. The zero-order valence-corrected chi connectivity index (χ0v) is 12.8. The average Bonchev–Trinajstić information content (AvgIpc) is 3.08. The highest BCUT2D eigenvalue weighted by molar-refractivity contribution is 5.77. The molecule has 3 fully saturated rings. The van der Waals surface area contributed by atoms with Crippen molar-refractivity contribution < 1.29 is 14.7 Å². The molecule has 1 aliphatic heterocycles. The number of amides is 2. The van der Waals surface area contributed by atoms with E-state index in [1.54, 1.807) is 0 Å². The maximum atomic E-state index is 12.4. The van der Waals surface area contributed by atoms with Crippen molar-refractivity contribution in [1.29, 1.82) is 0 Å². The van der Waals surface area contributed by atoms with Gasteiger partial charge in [-0.1, -0.05) is 13.3 Å². The second-order valence-corrected chi connectivity index (χ2v) is 7.01. The largest absolute Gasteiger partial charge is 0.481 e. The standard InChI is InChI=1S/C16H26N2O3/c1-2-10-5-7-18(8-6-10)16(21)17-14-12-4-3-11(9-12)13(14)15(19)20/h10-14H,2-9H2,1H3,(H,17,21)(H,19,20). The molecule has 21 heavy (non-hydrogen) atoms. The Balaban J connectivity index is 1.58. The van der Waals surface area contributed by atoms with Gasteiger partial charge in [0.15, 0.2) is 0 Å². The summed E-state index contributed by atoms with van der Waals surface area (Å²) < 4.78 is 0. The van der Waals surface area contributed by atoms with Crippen LogP contribution in [0.25, 0.3) is 0 Å². The Labute approximate surface area is 126 Å².